The van der Waals surface area contributed by atoms with E-state index in [0.29, 0.717) is 6.54 Å². The van der Waals surface area contributed by atoms with Gasteiger partial charge in [0.1, 0.15) is 6.04 Å². The molecule has 0 spiro atoms. The van der Waals surface area contributed by atoms with Gasteiger partial charge in [-0.15, -0.1) is 0 Å². The third kappa shape index (κ3) is 3.60. The van der Waals surface area contributed by atoms with Crippen molar-refractivity contribution < 1.29 is 9.90 Å². The second-order valence-electron chi connectivity index (χ2n) is 3.68. The molecule has 5 heteroatoms. The van der Waals surface area contributed by atoms with E-state index in [2.05, 4.69) is 4.98 Å². The van der Waals surface area contributed by atoms with E-state index in [1.54, 1.807) is 24.3 Å². The van der Waals surface area contributed by atoms with Crippen LogP contribution >= 0.6 is 0 Å². The van der Waals surface area contributed by atoms with Gasteiger partial charge in [0.15, 0.2) is 0 Å². The van der Waals surface area contributed by atoms with Crippen molar-refractivity contribution in [3.05, 3.63) is 30.1 Å². The number of carbonyl (C=O) groups is 1. The monoisotopic (exact) mass is 223 g/mol. The lowest BCUT2D eigenvalue weighted by atomic mass is 10.1. The number of nitrogens with zero attached hydrogens (tertiary/aromatic N) is 2. The molecule has 3 N–H and O–H groups in total. The minimum absolute atomic E-state index is 0.127. The van der Waals surface area contributed by atoms with E-state index in [-0.39, 0.29) is 6.54 Å². The van der Waals surface area contributed by atoms with Crippen molar-refractivity contribution >= 4 is 5.97 Å². The Hall–Kier alpha value is -1.46. The second kappa shape index (κ2) is 6.19. The van der Waals surface area contributed by atoms with E-state index in [1.807, 2.05) is 12.1 Å². The van der Waals surface area contributed by atoms with Crippen LogP contribution in [0.1, 0.15) is 5.56 Å². The summed E-state index contributed by atoms with van der Waals surface area (Å²) in [6.45, 7) is 0.792. The van der Waals surface area contributed by atoms with Crippen LogP contribution in [0.25, 0.3) is 0 Å². The van der Waals surface area contributed by atoms with Crippen LogP contribution in [-0.2, 0) is 11.2 Å². The molecule has 16 heavy (non-hydrogen) atoms. The van der Waals surface area contributed by atoms with Crippen molar-refractivity contribution in [1.29, 1.82) is 0 Å². The molecule has 1 aromatic heterocycles. The zero-order valence-electron chi connectivity index (χ0n) is 9.34. The van der Waals surface area contributed by atoms with Gasteiger partial charge >= 0.3 is 5.97 Å². The Morgan fingerprint density at radius 1 is 1.56 bits per heavy atom. The summed E-state index contributed by atoms with van der Waals surface area (Å²) in [6, 6.07) is 3.24. The molecular formula is C11H17N3O2. The lowest BCUT2D eigenvalue weighted by Gasteiger charge is -2.23. The molecule has 0 aromatic carbocycles. The van der Waals surface area contributed by atoms with E-state index in [1.165, 1.54) is 0 Å². The van der Waals surface area contributed by atoms with Gasteiger partial charge in [-0.05, 0) is 31.2 Å². The summed E-state index contributed by atoms with van der Waals surface area (Å²) in [6.07, 6.45) is 4.25. The largest absolute Gasteiger partial charge is 0.480 e. The summed E-state index contributed by atoms with van der Waals surface area (Å²) < 4.78 is 0. The van der Waals surface area contributed by atoms with Crippen molar-refractivity contribution in [2.75, 3.05) is 20.1 Å². The van der Waals surface area contributed by atoms with E-state index < -0.39 is 12.0 Å². The Morgan fingerprint density at radius 3 is 2.69 bits per heavy atom. The van der Waals surface area contributed by atoms with Crippen LogP contribution in [-0.4, -0.2) is 47.1 Å². The Bertz CT molecular complexity index is 329. The zero-order chi connectivity index (χ0) is 12.0. The lowest BCUT2D eigenvalue weighted by Crippen LogP contribution is -2.44. The molecule has 5 nitrogen and oxygen atoms in total. The molecular weight excluding hydrogens is 206 g/mol. The number of carboxylic acids is 1. The average molecular weight is 223 g/mol. The summed E-state index contributed by atoms with van der Waals surface area (Å²) >= 11 is 0. The van der Waals surface area contributed by atoms with Gasteiger partial charge < -0.3 is 10.8 Å². The number of carboxylic acid groups (broad SMARTS) is 1. The maximum Gasteiger partial charge on any atom is 0.322 e. The number of hydrogen-bond donors (Lipinski definition) is 2. The highest BCUT2D eigenvalue weighted by atomic mass is 16.4. The maximum absolute atomic E-state index is 10.9. The fourth-order valence-corrected chi connectivity index (χ4v) is 1.48. The highest BCUT2D eigenvalue weighted by Gasteiger charge is 2.19. The molecule has 0 aliphatic rings. The highest BCUT2D eigenvalue weighted by molar-refractivity contribution is 5.73. The van der Waals surface area contributed by atoms with Gasteiger partial charge in [-0.1, -0.05) is 0 Å². The number of aliphatic carboxylic acids is 1. The van der Waals surface area contributed by atoms with Crippen molar-refractivity contribution in [1.82, 2.24) is 9.88 Å². The molecule has 1 heterocycles. The number of aromatic nitrogens is 1. The van der Waals surface area contributed by atoms with Crippen molar-refractivity contribution in [3.8, 4) is 0 Å². The molecule has 0 aliphatic carbocycles. The maximum atomic E-state index is 10.9. The van der Waals surface area contributed by atoms with Crippen LogP contribution in [0.5, 0.6) is 0 Å². The van der Waals surface area contributed by atoms with Gasteiger partial charge in [-0.3, -0.25) is 14.7 Å². The number of rotatable bonds is 6. The summed E-state index contributed by atoms with van der Waals surface area (Å²) in [4.78, 5) is 16.5. The molecule has 0 aliphatic heterocycles. The van der Waals surface area contributed by atoms with E-state index in [9.17, 15) is 4.79 Å². The van der Waals surface area contributed by atoms with Crippen molar-refractivity contribution in [3.63, 3.8) is 0 Å². The van der Waals surface area contributed by atoms with Gasteiger partial charge in [-0.25, -0.2) is 0 Å². The Labute approximate surface area is 94.9 Å². The normalized spacial score (nSPS) is 12.7. The summed E-state index contributed by atoms with van der Waals surface area (Å²) in [5.74, 6) is -0.875. The third-order valence-electron chi connectivity index (χ3n) is 2.54. The van der Waals surface area contributed by atoms with E-state index >= 15 is 0 Å². The van der Waals surface area contributed by atoms with Crippen LogP contribution < -0.4 is 5.73 Å². The first-order chi connectivity index (χ1) is 7.65. The smallest absolute Gasteiger partial charge is 0.322 e. The van der Waals surface area contributed by atoms with E-state index in [4.69, 9.17) is 10.8 Å². The predicted octanol–water partition coefficient (Wildman–Crippen LogP) is -0.0322. The van der Waals surface area contributed by atoms with Crippen molar-refractivity contribution in [2.45, 2.75) is 12.5 Å². The SMILES string of the molecule is CN(CCc1ccncc1)C(CN)C(=O)O. The molecule has 0 saturated heterocycles. The lowest BCUT2D eigenvalue weighted by molar-refractivity contribution is -0.142. The molecule has 0 saturated carbocycles. The van der Waals surface area contributed by atoms with Gasteiger partial charge in [0, 0.05) is 25.5 Å². The molecule has 1 atom stereocenters. The topological polar surface area (TPSA) is 79.5 Å². The quantitative estimate of drug-likeness (QED) is 0.708. The second-order valence-corrected chi connectivity index (χ2v) is 3.68. The first-order valence-corrected chi connectivity index (χ1v) is 5.17. The molecule has 1 unspecified atom stereocenters. The fourth-order valence-electron chi connectivity index (χ4n) is 1.48. The molecule has 1 rings (SSSR count). The third-order valence-corrected chi connectivity index (χ3v) is 2.54. The number of pyridine rings is 1. The standard InChI is InChI=1S/C11H17N3O2/c1-14(10(8-12)11(15)16)7-4-9-2-5-13-6-3-9/h2-3,5-6,10H,4,7-8,12H2,1H3,(H,15,16). The molecule has 1 aromatic rings. The fraction of sp³-hybridized carbons (Fsp3) is 0.455. The van der Waals surface area contributed by atoms with Crippen LogP contribution in [0, 0.1) is 0 Å². The van der Waals surface area contributed by atoms with Crippen LogP contribution in [0.2, 0.25) is 0 Å². The van der Waals surface area contributed by atoms with Crippen LogP contribution in [0.3, 0.4) is 0 Å². The molecule has 88 valence electrons. The number of hydrogen-bond acceptors (Lipinski definition) is 4. The highest BCUT2D eigenvalue weighted by Crippen LogP contribution is 2.01. The van der Waals surface area contributed by atoms with Gasteiger partial charge in [0.2, 0.25) is 0 Å². The van der Waals surface area contributed by atoms with Gasteiger partial charge in [-0.2, -0.15) is 0 Å². The van der Waals surface area contributed by atoms with Gasteiger partial charge in [0.25, 0.3) is 0 Å². The number of likely N-dealkylation sites (N-methyl/N-ethyl adjacent to an activating group) is 1. The first-order valence-electron chi connectivity index (χ1n) is 5.17. The van der Waals surface area contributed by atoms with Gasteiger partial charge in [0.05, 0.1) is 0 Å². The minimum atomic E-state index is -0.875. The summed E-state index contributed by atoms with van der Waals surface area (Å²) in [5, 5.41) is 8.91. The molecule has 0 amide bonds. The van der Waals surface area contributed by atoms with E-state index in [0.717, 1.165) is 12.0 Å². The van der Waals surface area contributed by atoms with Crippen LogP contribution in [0.15, 0.2) is 24.5 Å². The predicted molar refractivity (Wildman–Crippen MR) is 61.0 cm³/mol. The average Bonchev–Trinajstić information content (AvgIpc) is 2.28. The van der Waals surface area contributed by atoms with Crippen molar-refractivity contribution in [2.24, 2.45) is 5.73 Å². The number of nitrogens with two attached hydrogens (primary N) is 1. The zero-order valence-corrected chi connectivity index (χ0v) is 9.34. The Balaban J connectivity index is 2.46. The Morgan fingerprint density at radius 2 is 2.19 bits per heavy atom. The Kier molecular flexibility index (Phi) is 4.88. The summed E-state index contributed by atoms with van der Waals surface area (Å²) in [7, 11) is 1.77. The molecule has 0 radical (unpaired) electrons. The molecule has 0 bridgehead atoms. The van der Waals surface area contributed by atoms with Crippen LogP contribution in [0.4, 0.5) is 0 Å². The molecule has 0 fully saturated rings. The summed E-state index contributed by atoms with van der Waals surface area (Å²) in [5.41, 5.74) is 6.55. The minimum Gasteiger partial charge on any atom is -0.480 e. The first kappa shape index (κ1) is 12.6.